The van der Waals surface area contributed by atoms with Crippen molar-refractivity contribution in [3.63, 3.8) is 0 Å². The highest BCUT2D eigenvalue weighted by Crippen LogP contribution is 2.28. The summed E-state index contributed by atoms with van der Waals surface area (Å²) in [5, 5.41) is 4.32. The average Bonchev–Trinajstić information content (AvgIpc) is 3.27. The number of thiazole rings is 1. The molecule has 140 valence electrons. The molecule has 0 aliphatic rings. The molecule has 0 aliphatic carbocycles. The normalized spacial score (nSPS) is 11.7. The Bertz CT molecular complexity index is 1250. The van der Waals surface area contributed by atoms with Gasteiger partial charge in [-0.2, -0.15) is 9.50 Å². The van der Waals surface area contributed by atoms with E-state index in [1.165, 1.54) is 15.9 Å². The molecular weight excluding hydrogens is 376 g/mol. The molecule has 0 spiro atoms. The van der Waals surface area contributed by atoms with Crippen LogP contribution in [-0.4, -0.2) is 33.3 Å². The van der Waals surface area contributed by atoms with Crippen LogP contribution in [0.4, 0.5) is 0 Å². The molecule has 8 heteroatoms. The quantitative estimate of drug-likeness (QED) is 0.469. The predicted molar refractivity (Wildman–Crippen MR) is 108 cm³/mol. The van der Waals surface area contributed by atoms with Crippen molar-refractivity contribution in [1.82, 2.24) is 19.6 Å². The molecular formula is C20H16N4O3S. The number of ether oxygens (including phenoxy) is 2. The van der Waals surface area contributed by atoms with Crippen LogP contribution in [0.5, 0.6) is 11.5 Å². The van der Waals surface area contributed by atoms with E-state index in [4.69, 9.17) is 9.47 Å². The molecule has 4 aromatic rings. The lowest BCUT2D eigenvalue weighted by atomic mass is 10.2. The average molecular weight is 392 g/mol. The first-order valence-corrected chi connectivity index (χ1v) is 9.24. The van der Waals surface area contributed by atoms with E-state index in [1.807, 2.05) is 18.2 Å². The summed E-state index contributed by atoms with van der Waals surface area (Å²) in [6.45, 7) is 4.02. The number of hydrogen-bond donors (Lipinski definition) is 0. The minimum Gasteiger partial charge on any atom is -0.493 e. The number of fused-ring (bicyclic) bond motifs is 1. The van der Waals surface area contributed by atoms with Gasteiger partial charge in [-0.05, 0) is 35.9 Å². The van der Waals surface area contributed by atoms with Crippen LogP contribution in [0.25, 0.3) is 22.4 Å². The van der Waals surface area contributed by atoms with Crippen molar-refractivity contribution >= 4 is 22.4 Å². The van der Waals surface area contributed by atoms with Gasteiger partial charge in [0.25, 0.3) is 5.56 Å². The first kappa shape index (κ1) is 17.9. The van der Waals surface area contributed by atoms with Crippen LogP contribution < -0.4 is 19.6 Å². The largest absolute Gasteiger partial charge is 0.493 e. The SMILES string of the molecule is C=CCOc1ccc(/C=c2\sc3nc(-c4cccnc4)nn3c2=O)cc1OC. The van der Waals surface area contributed by atoms with E-state index in [0.717, 1.165) is 11.1 Å². The summed E-state index contributed by atoms with van der Waals surface area (Å²) in [5.41, 5.74) is 1.37. The standard InChI is InChI=1S/C20H16N4O3S/c1-3-9-27-15-7-6-13(10-16(15)26-2)11-17-19(25)24-20(28-17)22-18(23-24)14-5-4-8-21-12-14/h3-8,10-12H,1,9H2,2H3/b17-11-. The van der Waals surface area contributed by atoms with Crippen LogP contribution in [0, 0.1) is 0 Å². The fourth-order valence-corrected chi connectivity index (χ4v) is 3.55. The van der Waals surface area contributed by atoms with Crippen molar-refractivity contribution in [3.8, 4) is 22.9 Å². The highest BCUT2D eigenvalue weighted by Gasteiger charge is 2.12. The Hall–Kier alpha value is -3.52. The van der Waals surface area contributed by atoms with Gasteiger partial charge in [-0.15, -0.1) is 5.10 Å². The molecule has 1 aromatic carbocycles. The third-order valence-electron chi connectivity index (χ3n) is 3.94. The van der Waals surface area contributed by atoms with Gasteiger partial charge in [-0.3, -0.25) is 9.78 Å². The molecule has 4 rings (SSSR count). The minimum absolute atomic E-state index is 0.214. The molecule has 0 saturated carbocycles. The summed E-state index contributed by atoms with van der Waals surface area (Å²) in [6.07, 6.45) is 6.79. The fraction of sp³-hybridized carbons (Fsp3) is 0.100. The topological polar surface area (TPSA) is 78.6 Å². The Morgan fingerprint density at radius 1 is 1.29 bits per heavy atom. The van der Waals surface area contributed by atoms with E-state index >= 15 is 0 Å². The summed E-state index contributed by atoms with van der Waals surface area (Å²) < 4.78 is 12.8. The molecule has 7 nitrogen and oxygen atoms in total. The van der Waals surface area contributed by atoms with Crippen molar-refractivity contribution in [3.05, 3.63) is 75.8 Å². The van der Waals surface area contributed by atoms with Gasteiger partial charge in [0.05, 0.1) is 11.6 Å². The van der Waals surface area contributed by atoms with Gasteiger partial charge >= 0.3 is 0 Å². The summed E-state index contributed by atoms with van der Waals surface area (Å²) in [7, 11) is 1.57. The number of benzene rings is 1. The molecule has 0 fully saturated rings. The molecule has 3 aromatic heterocycles. The molecule has 0 amide bonds. The van der Waals surface area contributed by atoms with Crippen molar-refractivity contribution in [2.75, 3.05) is 13.7 Å². The van der Waals surface area contributed by atoms with Crippen LogP contribution in [-0.2, 0) is 0 Å². The summed E-state index contributed by atoms with van der Waals surface area (Å²) >= 11 is 1.28. The second-order valence-electron chi connectivity index (χ2n) is 5.80. The van der Waals surface area contributed by atoms with E-state index in [9.17, 15) is 4.79 Å². The number of rotatable bonds is 6. The predicted octanol–water partition coefficient (Wildman–Crippen LogP) is 2.33. The fourth-order valence-electron chi connectivity index (χ4n) is 2.64. The van der Waals surface area contributed by atoms with Gasteiger partial charge in [0.1, 0.15) is 6.61 Å². The zero-order valence-corrected chi connectivity index (χ0v) is 15.8. The summed E-state index contributed by atoms with van der Waals surface area (Å²) in [5.74, 6) is 1.68. The number of aromatic nitrogens is 4. The lowest BCUT2D eigenvalue weighted by Gasteiger charge is -2.09. The first-order valence-electron chi connectivity index (χ1n) is 8.43. The lowest BCUT2D eigenvalue weighted by molar-refractivity contribution is 0.326. The highest BCUT2D eigenvalue weighted by molar-refractivity contribution is 7.15. The maximum absolute atomic E-state index is 12.7. The second-order valence-corrected chi connectivity index (χ2v) is 6.81. The molecule has 0 saturated heterocycles. The molecule has 0 aliphatic heterocycles. The second kappa shape index (κ2) is 7.61. The van der Waals surface area contributed by atoms with E-state index in [-0.39, 0.29) is 5.56 Å². The molecule has 0 N–H and O–H groups in total. The zero-order valence-electron chi connectivity index (χ0n) is 15.0. The summed E-state index contributed by atoms with van der Waals surface area (Å²) in [4.78, 5) is 21.7. The van der Waals surface area contributed by atoms with Crippen LogP contribution in [0.1, 0.15) is 5.56 Å². The van der Waals surface area contributed by atoms with Gasteiger partial charge in [0.15, 0.2) is 17.3 Å². The lowest BCUT2D eigenvalue weighted by Crippen LogP contribution is -2.23. The number of methoxy groups -OCH3 is 1. The molecule has 0 unspecified atom stereocenters. The highest BCUT2D eigenvalue weighted by atomic mass is 32.1. The van der Waals surface area contributed by atoms with E-state index < -0.39 is 0 Å². The third kappa shape index (κ3) is 3.37. The maximum Gasteiger partial charge on any atom is 0.291 e. The van der Waals surface area contributed by atoms with E-state index in [1.54, 1.807) is 43.8 Å². The zero-order chi connectivity index (χ0) is 19.5. The van der Waals surface area contributed by atoms with Gasteiger partial charge in [-0.25, -0.2) is 0 Å². The van der Waals surface area contributed by atoms with Gasteiger partial charge < -0.3 is 9.47 Å². The Kier molecular flexibility index (Phi) is 4.86. The molecule has 3 heterocycles. The number of pyridine rings is 1. The van der Waals surface area contributed by atoms with Crippen molar-refractivity contribution < 1.29 is 9.47 Å². The van der Waals surface area contributed by atoms with Crippen LogP contribution in [0.2, 0.25) is 0 Å². The third-order valence-corrected chi connectivity index (χ3v) is 4.90. The van der Waals surface area contributed by atoms with Crippen LogP contribution >= 0.6 is 11.3 Å². The van der Waals surface area contributed by atoms with Gasteiger partial charge in [-0.1, -0.05) is 30.1 Å². The first-order chi connectivity index (χ1) is 13.7. The van der Waals surface area contributed by atoms with Crippen molar-refractivity contribution in [2.24, 2.45) is 0 Å². The Morgan fingerprint density at radius 2 is 2.18 bits per heavy atom. The van der Waals surface area contributed by atoms with Crippen LogP contribution in [0.3, 0.4) is 0 Å². The number of hydrogen-bond acceptors (Lipinski definition) is 7. The van der Waals surface area contributed by atoms with Crippen LogP contribution in [0.15, 0.2) is 60.2 Å². The van der Waals surface area contributed by atoms with Gasteiger partial charge in [0, 0.05) is 18.0 Å². The smallest absolute Gasteiger partial charge is 0.291 e. The van der Waals surface area contributed by atoms with E-state index in [2.05, 4.69) is 21.6 Å². The molecule has 0 radical (unpaired) electrons. The van der Waals surface area contributed by atoms with Crippen molar-refractivity contribution in [2.45, 2.75) is 0 Å². The van der Waals surface area contributed by atoms with Crippen molar-refractivity contribution in [1.29, 1.82) is 0 Å². The van der Waals surface area contributed by atoms with Gasteiger partial charge in [0.2, 0.25) is 4.96 Å². The number of nitrogens with zero attached hydrogens (tertiary/aromatic N) is 4. The molecule has 28 heavy (non-hydrogen) atoms. The molecule has 0 atom stereocenters. The summed E-state index contributed by atoms with van der Waals surface area (Å²) in [6, 6.07) is 9.13. The Balaban J connectivity index is 1.72. The Labute approximate surface area is 164 Å². The molecule has 0 bridgehead atoms. The minimum atomic E-state index is -0.214. The monoisotopic (exact) mass is 392 g/mol. The maximum atomic E-state index is 12.7. The van der Waals surface area contributed by atoms with E-state index in [0.29, 0.717) is 33.4 Å². The Morgan fingerprint density at radius 3 is 2.89 bits per heavy atom.